The molecule has 10 nitrogen and oxygen atoms in total. The molecule has 11 heteroatoms. The van der Waals surface area contributed by atoms with E-state index in [1.807, 2.05) is 0 Å². The molecule has 0 saturated carbocycles. The van der Waals surface area contributed by atoms with Crippen LogP contribution in [0.25, 0.3) is 0 Å². The number of hydrogen-bond donors (Lipinski definition) is 2. The number of nitrogens with zero attached hydrogens (tertiary/aromatic N) is 3. The lowest BCUT2D eigenvalue weighted by atomic mass is 10.1. The van der Waals surface area contributed by atoms with E-state index in [-0.39, 0.29) is 22.7 Å². The molecule has 1 heterocycles. The zero-order valence-corrected chi connectivity index (χ0v) is 14.5. The third kappa shape index (κ3) is 4.53. The summed E-state index contributed by atoms with van der Waals surface area (Å²) in [5, 5.41) is 22.6. The minimum absolute atomic E-state index is 0.0946. The van der Waals surface area contributed by atoms with Gasteiger partial charge in [-0.2, -0.15) is 0 Å². The maximum atomic E-state index is 12.3. The second-order valence-electron chi connectivity index (χ2n) is 4.87. The van der Waals surface area contributed by atoms with Crippen LogP contribution in [0.1, 0.15) is 21.8 Å². The molecule has 0 fully saturated rings. The van der Waals surface area contributed by atoms with Gasteiger partial charge >= 0.3 is 0 Å². The van der Waals surface area contributed by atoms with Crippen molar-refractivity contribution in [1.29, 1.82) is 0 Å². The number of ether oxygens (including phenoxy) is 2. The number of amides is 1. The maximum absolute atomic E-state index is 12.3. The van der Waals surface area contributed by atoms with Crippen LogP contribution in [-0.2, 0) is 6.42 Å². The molecule has 0 aliphatic heterocycles. The van der Waals surface area contributed by atoms with Crippen molar-refractivity contribution in [2.24, 2.45) is 0 Å². The van der Waals surface area contributed by atoms with Gasteiger partial charge in [0.1, 0.15) is 10.6 Å². The van der Waals surface area contributed by atoms with Crippen LogP contribution in [-0.4, -0.2) is 41.8 Å². The fraction of sp³-hybridized carbons (Fsp3) is 0.357. The number of rotatable bonds is 8. The normalized spacial score (nSPS) is 10.3. The average Bonchev–Trinajstić information content (AvgIpc) is 3.02. The van der Waals surface area contributed by atoms with Crippen LogP contribution in [0.4, 0.5) is 10.8 Å². The van der Waals surface area contributed by atoms with E-state index in [0.29, 0.717) is 24.5 Å². The second-order valence-corrected chi connectivity index (χ2v) is 5.97. The zero-order valence-electron chi connectivity index (χ0n) is 13.6. The Labute approximate surface area is 147 Å². The van der Waals surface area contributed by atoms with Gasteiger partial charge in [-0.05, 0) is 6.42 Å². The maximum Gasteiger partial charge on any atom is 0.286 e. The van der Waals surface area contributed by atoms with Crippen molar-refractivity contribution >= 4 is 28.1 Å². The number of nitro benzene ring substituents is 1. The minimum atomic E-state index is -0.638. The van der Waals surface area contributed by atoms with Gasteiger partial charge in [0.25, 0.3) is 11.6 Å². The molecule has 0 saturated heterocycles. The number of methoxy groups -OCH3 is 2. The SMILES string of the molecule is COc1cc(C(=O)NCCCc2nnc(N)s2)c([N+](=O)[O-])cc1OC. The summed E-state index contributed by atoms with van der Waals surface area (Å²) in [5.41, 5.74) is 5.04. The van der Waals surface area contributed by atoms with Crippen molar-refractivity contribution in [3.63, 3.8) is 0 Å². The summed E-state index contributed by atoms with van der Waals surface area (Å²) in [6, 6.07) is 2.45. The fourth-order valence-electron chi connectivity index (χ4n) is 2.11. The molecule has 134 valence electrons. The Balaban J connectivity index is 2.05. The Bertz CT molecular complexity index is 779. The third-order valence-electron chi connectivity index (χ3n) is 3.28. The van der Waals surface area contributed by atoms with Gasteiger partial charge < -0.3 is 20.5 Å². The van der Waals surface area contributed by atoms with Gasteiger partial charge in [0, 0.05) is 19.0 Å². The standard InChI is InChI=1S/C14H17N5O5S/c1-23-10-6-8(9(19(21)22)7-11(10)24-2)13(20)16-5-3-4-12-17-18-14(15)25-12/h6-7H,3-5H2,1-2H3,(H2,15,18)(H,16,20). The first-order chi connectivity index (χ1) is 12.0. The number of nitrogens with one attached hydrogen (secondary N) is 1. The molecule has 1 amide bonds. The number of hydrogen-bond acceptors (Lipinski definition) is 9. The molecule has 0 radical (unpaired) electrons. The molecule has 0 spiro atoms. The molecule has 25 heavy (non-hydrogen) atoms. The monoisotopic (exact) mass is 367 g/mol. The number of carbonyl (C=O) groups excluding carboxylic acids is 1. The van der Waals surface area contributed by atoms with Crippen molar-refractivity contribution in [2.45, 2.75) is 12.8 Å². The molecule has 0 bridgehead atoms. The summed E-state index contributed by atoms with van der Waals surface area (Å²) in [6.45, 7) is 0.323. The van der Waals surface area contributed by atoms with Gasteiger partial charge in [0.05, 0.1) is 25.2 Å². The number of nitro groups is 1. The summed E-state index contributed by atoms with van der Waals surface area (Å²) < 4.78 is 10.1. The van der Waals surface area contributed by atoms with Crippen LogP contribution >= 0.6 is 11.3 Å². The van der Waals surface area contributed by atoms with E-state index in [0.717, 1.165) is 11.1 Å². The second kappa shape index (κ2) is 8.24. The highest BCUT2D eigenvalue weighted by Crippen LogP contribution is 2.34. The highest BCUT2D eigenvalue weighted by molar-refractivity contribution is 7.15. The first-order valence-electron chi connectivity index (χ1n) is 7.22. The molecule has 2 aromatic rings. The Morgan fingerprint density at radius 1 is 1.32 bits per heavy atom. The van der Waals surface area contributed by atoms with Crippen LogP contribution in [0.15, 0.2) is 12.1 Å². The van der Waals surface area contributed by atoms with Crippen LogP contribution in [0.3, 0.4) is 0 Å². The van der Waals surface area contributed by atoms with Gasteiger partial charge in [-0.15, -0.1) is 10.2 Å². The molecule has 1 aromatic carbocycles. The largest absolute Gasteiger partial charge is 0.493 e. The quantitative estimate of drug-likeness (QED) is 0.405. The average molecular weight is 367 g/mol. The molecular weight excluding hydrogens is 350 g/mol. The first kappa shape index (κ1) is 18.4. The Hall–Kier alpha value is -2.95. The molecule has 0 atom stereocenters. The zero-order chi connectivity index (χ0) is 18.4. The first-order valence-corrected chi connectivity index (χ1v) is 8.04. The number of carbonyl (C=O) groups is 1. The van der Waals surface area contributed by atoms with Gasteiger partial charge in [0.2, 0.25) is 5.13 Å². The van der Waals surface area contributed by atoms with Crippen LogP contribution < -0.4 is 20.5 Å². The number of nitrogens with two attached hydrogens (primary N) is 1. The summed E-state index contributed by atoms with van der Waals surface area (Å²) in [4.78, 5) is 22.9. The molecule has 3 N–H and O–H groups in total. The van der Waals surface area contributed by atoms with E-state index < -0.39 is 10.8 Å². The summed E-state index contributed by atoms with van der Waals surface area (Å²) in [7, 11) is 2.75. The molecule has 0 aliphatic carbocycles. The molecule has 2 rings (SSSR count). The smallest absolute Gasteiger partial charge is 0.286 e. The van der Waals surface area contributed by atoms with Crippen molar-refractivity contribution in [2.75, 3.05) is 26.5 Å². The summed E-state index contributed by atoms with van der Waals surface area (Å²) in [5.74, 6) is -0.147. The van der Waals surface area contributed by atoms with E-state index in [1.54, 1.807) is 0 Å². The predicted molar refractivity (Wildman–Crippen MR) is 91.2 cm³/mol. The minimum Gasteiger partial charge on any atom is -0.493 e. The fourth-order valence-corrected chi connectivity index (χ4v) is 2.76. The van der Waals surface area contributed by atoms with E-state index in [4.69, 9.17) is 15.2 Å². The van der Waals surface area contributed by atoms with Gasteiger partial charge in [-0.1, -0.05) is 11.3 Å². The van der Waals surface area contributed by atoms with Crippen LogP contribution in [0.5, 0.6) is 11.5 Å². The lowest BCUT2D eigenvalue weighted by Crippen LogP contribution is -2.25. The van der Waals surface area contributed by atoms with E-state index in [2.05, 4.69) is 15.5 Å². The van der Waals surface area contributed by atoms with Crippen molar-refractivity contribution in [1.82, 2.24) is 15.5 Å². The predicted octanol–water partition coefficient (Wildman–Crippen LogP) is 1.41. The molecule has 1 aromatic heterocycles. The van der Waals surface area contributed by atoms with Crippen molar-refractivity contribution < 1.29 is 19.2 Å². The number of benzene rings is 1. The molecular formula is C14H17N5O5S. The molecule has 0 unspecified atom stereocenters. The number of anilines is 1. The number of aryl methyl sites for hydroxylation is 1. The third-order valence-corrected chi connectivity index (χ3v) is 4.09. The lowest BCUT2D eigenvalue weighted by molar-refractivity contribution is -0.385. The van der Waals surface area contributed by atoms with Crippen molar-refractivity contribution in [3.8, 4) is 11.5 Å². The molecule has 0 aliphatic rings. The van der Waals surface area contributed by atoms with Gasteiger partial charge in [0.15, 0.2) is 11.5 Å². The summed E-state index contributed by atoms with van der Waals surface area (Å²) >= 11 is 1.28. The van der Waals surface area contributed by atoms with Crippen LogP contribution in [0.2, 0.25) is 0 Å². The van der Waals surface area contributed by atoms with Gasteiger partial charge in [-0.3, -0.25) is 14.9 Å². The highest BCUT2D eigenvalue weighted by Gasteiger charge is 2.24. The van der Waals surface area contributed by atoms with E-state index in [1.165, 1.54) is 31.6 Å². The van der Waals surface area contributed by atoms with E-state index in [9.17, 15) is 14.9 Å². The topological polar surface area (TPSA) is 142 Å². The highest BCUT2D eigenvalue weighted by atomic mass is 32.1. The lowest BCUT2D eigenvalue weighted by Gasteiger charge is -2.10. The van der Waals surface area contributed by atoms with E-state index >= 15 is 0 Å². The summed E-state index contributed by atoms with van der Waals surface area (Å²) in [6.07, 6.45) is 1.20. The Kier molecular flexibility index (Phi) is 6.06. The number of nitrogen functional groups attached to an aromatic ring is 1. The number of aromatic nitrogens is 2. The van der Waals surface area contributed by atoms with Crippen LogP contribution in [0, 0.1) is 10.1 Å². The Morgan fingerprint density at radius 3 is 2.56 bits per heavy atom. The Morgan fingerprint density at radius 2 is 2.00 bits per heavy atom. The van der Waals surface area contributed by atoms with Crippen molar-refractivity contribution in [3.05, 3.63) is 32.8 Å². The van der Waals surface area contributed by atoms with Gasteiger partial charge in [-0.25, -0.2) is 0 Å².